The molecule has 0 fully saturated rings. The van der Waals surface area contributed by atoms with Gasteiger partial charge in [-0.2, -0.15) is 13.2 Å². The summed E-state index contributed by atoms with van der Waals surface area (Å²) in [7, 11) is 1.50. The molecule has 0 atom stereocenters. The van der Waals surface area contributed by atoms with Gasteiger partial charge >= 0.3 is 6.18 Å². The predicted octanol–water partition coefficient (Wildman–Crippen LogP) is 4.82. The van der Waals surface area contributed by atoms with E-state index in [2.05, 4.69) is 5.32 Å². The van der Waals surface area contributed by atoms with Crippen molar-refractivity contribution in [1.82, 2.24) is 4.57 Å². The third kappa shape index (κ3) is 3.96. The number of pyridine rings is 1. The molecule has 1 amide bonds. The van der Waals surface area contributed by atoms with E-state index in [-0.39, 0.29) is 17.7 Å². The van der Waals surface area contributed by atoms with E-state index in [0.717, 1.165) is 12.1 Å². The van der Waals surface area contributed by atoms with E-state index < -0.39 is 17.6 Å². The van der Waals surface area contributed by atoms with Gasteiger partial charge in [0.1, 0.15) is 12.3 Å². The third-order valence-electron chi connectivity index (χ3n) is 4.98. The molecule has 1 heterocycles. The number of halogens is 3. The summed E-state index contributed by atoms with van der Waals surface area (Å²) in [5.41, 5.74) is 0.398. The van der Waals surface area contributed by atoms with Crippen molar-refractivity contribution in [2.45, 2.75) is 12.7 Å². The van der Waals surface area contributed by atoms with Gasteiger partial charge in [0.2, 0.25) is 5.91 Å². The Labute approximate surface area is 174 Å². The van der Waals surface area contributed by atoms with E-state index in [4.69, 9.17) is 4.74 Å². The molecular formula is C23H17F3N2O3. The lowest BCUT2D eigenvalue weighted by Crippen LogP contribution is -2.21. The van der Waals surface area contributed by atoms with Crippen LogP contribution in [0.25, 0.3) is 21.8 Å². The first-order valence-corrected chi connectivity index (χ1v) is 9.34. The quantitative estimate of drug-likeness (QED) is 0.476. The fourth-order valence-electron chi connectivity index (χ4n) is 3.49. The Hall–Kier alpha value is -3.81. The summed E-state index contributed by atoms with van der Waals surface area (Å²) in [5, 5.41) is 3.46. The van der Waals surface area contributed by atoms with Gasteiger partial charge in [-0.25, -0.2) is 0 Å². The maximum absolute atomic E-state index is 12.9. The highest BCUT2D eigenvalue weighted by molar-refractivity contribution is 5.97. The van der Waals surface area contributed by atoms with E-state index >= 15 is 0 Å². The van der Waals surface area contributed by atoms with Crippen molar-refractivity contribution in [2.75, 3.05) is 12.4 Å². The number of alkyl halides is 3. The van der Waals surface area contributed by atoms with Crippen molar-refractivity contribution in [3.8, 4) is 5.75 Å². The van der Waals surface area contributed by atoms with Crippen molar-refractivity contribution in [1.29, 1.82) is 0 Å². The number of hydrogen-bond donors (Lipinski definition) is 1. The summed E-state index contributed by atoms with van der Waals surface area (Å²) >= 11 is 0. The fourth-order valence-corrected chi connectivity index (χ4v) is 3.49. The minimum absolute atomic E-state index is 0.134. The highest BCUT2D eigenvalue weighted by Gasteiger charge is 2.30. The van der Waals surface area contributed by atoms with Crippen molar-refractivity contribution in [3.05, 3.63) is 82.5 Å². The number of amides is 1. The van der Waals surface area contributed by atoms with Gasteiger partial charge in [0.15, 0.2) is 5.43 Å². The summed E-state index contributed by atoms with van der Waals surface area (Å²) in [6, 6.07) is 16.2. The van der Waals surface area contributed by atoms with Crippen LogP contribution in [0.15, 0.2) is 71.5 Å². The fraction of sp³-hybridized carbons (Fsp3) is 0.130. The maximum atomic E-state index is 12.9. The number of carbonyl (C=O) groups is 1. The van der Waals surface area contributed by atoms with Gasteiger partial charge in [-0.15, -0.1) is 0 Å². The monoisotopic (exact) mass is 426 g/mol. The van der Waals surface area contributed by atoms with Gasteiger partial charge in [-0.05, 0) is 54.6 Å². The molecule has 5 nitrogen and oxygen atoms in total. The number of nitrogens with zero attached hydrogens (tertiary/aromatic N) is 1. The molecule has 0 saturated carbocycles. The molecule has 1 aromatic heterocycles. The molecule has 0 aliphatic heterocycles. The molecule has 0 aliphatic rings. The lowest BCUT2D eigenvalue weighted by Gasteiger charge is -2.16. The van der Waals surface area contributed by atoms with E-state index in [1.165, 1.54) is 19.2 Å². The topological polar surface area (TPSA) is 60.3 Å². The first kappa shape index (κ1) is 20.5. The van der Waals surface area contributed by atoms with E-state index in [9.17, 15) is 22.8 Å². The van der Waals surface area contributed by atoms with Gasteiger partial charge in [0.25, 0.3) is 0 Å². The molecule has 0 saturated heterocycles. The number of methoxy groups -OCH3 is 1. The maximum Gasteiger partial charge on any atom is 0.416 e. The van der Waals surface area contributed by atoms with Gasteiger partial charge < -0.3 is 14.6 Å². The number of ether oxygens (including phenoxy) is 1. The predicted molar refractivity (Wildman–Crippen MR) is 112 cm³/mol. The second kappa shape index (κ2) is 7.79. The van der Waals surface area contributed by atoms with E-state index in [1.54, 1.807) is 47.0 Å². The van der Waals surface area contributed by atoms with Crippen molar-refractivity contribution < 1.29 is 22.7 Å². The Balaban J connectivity index is 1.72. The van der Waals surface area contributed by atoms with Crippen LogP contribution in [0.1, 0.15) is 5.56 Å². The number of hydrogen-bond acceptors (Lipinski definition) is 3. The number of para-hydroxylation sites is 1. The van der Waals surface area contributed by atoms with Crippen molar-refractivity contribution in [2.24, 2.45) is 0 Å². The molecule has 8 heteroatoms. The van der Waals surface area contributed by atoms with E-state index in [0.29, 0.717) is 27.6 Å². The van der Waals surface area contributed by atoms with Gasteiger partial charge in [-0.1, -0.05) is 12.1 Å². The zero-order valence-electron chi connectivity index (χ0n) is 16.4. The molecule has 31 heavy (non-hydrogen) atoms. The molecule has 1 N–H and O–H groups in total. The average molecular weight is 426 g/mol. The number of aromatic nitrogens is 1. The number of benzene rings is 3. The van der Waals surface area contributed by atoms with Crippen LogP contribution in [0, 0.1) is 0 Å². The van der Waals surface area contributed by atoms with Crippen LogP contribution in [0.2, 0.25) is 0 Å². The minimum Gasteiger partial charge on any atom is -0.497 e. The Morgan fingerprint density at radius 2 is 1.65 bits per heavy atom. The summed E-state index contributed by atoms with van der Waals surface area (Å²) in [4.78, 5) is 25.6. The average Bonchev–Trinajstić information content (AvgIpc) is 2.76. The zero-order valence-corrected chi connectivity index (χ0v) is 16.4. The first-order valence-electron chi connectivity index (χ1n) is 9.34. The molecule has 4 rings (SSSR count). The van der Waals surface area contributed by atoms with Gasteiger partial charge in [-0.3, -0.25) is 9.59 Å². The zero-order chi connectivity index (χ0) is 22.2. The second-order valence-electron chi connectivity index (χ2n) is 6.94. The number of nitrogens with one attached hydrogen (secondary N) is 1. The molecule has 0 aliphatic carbocycles. The summed E-state index contributed by atoms with van der Waals surface area (Å²) in [6.45, 7) is -0.134. The van der Waals surface area contributed by atoms with Crippen LogP contribution in [0.4, 0.5) is 18.9 Å². The Morgan fingerprint density at radius 3 is 2.32 bits per heavy atom. The standard InChI is InChI=1S/C23H17F3N2O3/c1-31-16-10-11-20-18(12-16)22(30)17-4-2-3-5-19(17)28(20)13-21(29)27-15-8-6-14(7-9-15)23(24,25)26/h2-12H,13H2,1H3,(H,27,29). The molecule has 4 aromatic rings. The normalized spacial score (nSPS) is 11.6. The molecule has 0 bridgehead atoms. The van der Waals surface area contributed by atoms with Gasteiger partial charge in [0.05, 0.1) is 23.7 Å². The van der Waals surface area contributed by atoms with Crippen molar-refractivity contribution >= 4 is 33.4 Å². The van der Waals surface area contributed by atoms with Crippen LogP contribution < -0.4 is 15.5 Å². The summed E-state index contributed by atoms with van der Waals surface area (Å²) in [6.07, 6.45) is -4.45. The summed E-state index contributed by atoms with van der Waals surface area (Å²) in [5.74, 6) is 0.0753. The first-order chi connectivity index (χ1) is 14.8. The number of rotatable bonds is 4. The highest BCUT2D eigenvalue weighted by Crippen LogP contribution is 2.30. The Bertz CT molecular complexity index is 1340. The highest BCUT2D eigenvalue weighted by atomic mass is 19.4. The number of carbonyl (C=O) groups excluding carboxylic acids is 1. The molecule has 0 spiro atoms. The molecule has 0 unspecified atom stereocenters. The van der Waals surface area contributed by atoms with Crippen molar-refractivity contribution in [3.63, 3.8) is 0 Å². The lowest BCUT2D eigenvalue weighted by atomic mass is 10.1. The molecular weight excluding hydrogens is 409 g/mol. The molecule has 0 radical (unpaired) electrons. The smallest absolute Gasteiger partial charge is 0.416 e. The summed E-state index contributed by atoms with van der Waals surface area (Å²) < 4.78 is 45.1. The Kier molecular flexibility index (Phi) is 5.14. The second-order valence-corrected chi connectivity index (χ2v) is 6.94. The Morgan fingerprint density at radius 1 is 0.968 bits per heavy atom. The molecule has 3 aromatic carbocycles. The van der Waals surface area contributed by atoms with Crippen LogP contribution in [-0.4, -0.2) is 17.6 Å². The van der Waals surface area contributed by atoms with Gasteiger partial charge in [0, 0.05) is 16.5 Å². The number of fused-ring (bicyclic) bond motifs is 2. The SMILES string of the molecule is COc1ccc2c(c1)c(=O)c1ccccc1n2CC(=O)Nc1ccc(C(F)(F)F)cc1. The minimum atomic E-state index is -4.45. The van der Waals surface area contributed by atoms with Crippen LogP contribution in [-0.2, 0) is 17.5 Å². The largest absolute Gasteiger partial charge is 0.497 e. The number of anilines is 1. The van der Waals surface area contributed by atoms with Crippen LogP contribution in [0.3, 0.4) is 0 Å². The van der Waals surface area contributed by atoms with Crippen LogP contribution in [0.5, 0.6) is 5.75 Å². The third-order valence-corrected chi connectivity index (χ3v) is 4.98. The lowest BCUT2D eigenvalue weighted by molar-refractivity contribution is -0.137. The molecule has 158 valence electrons. The van der Waals surface area contributed by atoms with Crippen LogP contribution >= 0.6 is 0 Å². The van der Waals surface area contributed by atoms with E-state index in [1.807, 2.05) is 0 Å².